The van der Waals surface area contributed by atoms with Crippen LogP contribution in [0.15, 0.2) is 54.9 Å². The number of anilines is 1. The number of amides is 1. The molecule has 0 aliphatic carbocycles. The molecule has 1 aromatic heterocycles. The van der Waals surface area contributed by atoms with Crippen LogP contribution < -0.4 is 14.4 Å². The highest BCUT2D eigenvalue weighted by atomic mass is 35.5. The lowest BCUT2D eigenvalue weighted by molar-refractivity contribution is 0.0746. The van der Waals surface area contributed by atoms with Gasteiger partial charge in [-0.1, -0.05) is 11.6 Å². The first-order valence-corrected chi connectivity index (χ1v) is 10.0. The number of hydrogen-bond acceptors (Lipinski definition) is 6. The number of methoxy groups -OCH3 is 1. The van der Waals surface area contributed by atoms with Crippen LogP contribution in [0.1, 0.15) is 10.4 Å². The SMILES string of the molecule is COc1ccc(C(=O)N2CCN(c3cc(Oc4ccc(Cl)cc4F)ncn3)CC2)cc1. The van der Waals surface area contributed by atoms with Crippen LogP contribution in [0.2, 0.25) is 5.02 Å². The van der Waals surface area contributed by atoms with Gasteiger partial charge in [0.2, 0.25) is 5.88 Å². The fourth-order valence-electron chi connectivity index (χ4n) is 3.28. The van der Waals surface area contributed by atoms with E-state index >= 15 is 0 Å². The fourth-order valence-corrected chi connectivity index (χ4v) is 3.44. The Kier molecular flexibility index (Phi) is 6.18. The van der Waals surface area contributed by atoms with Crippen molar-refractivity contribution in [3.63, 3.8) is 0 Å². The predicted octanol–water partition coefficient (Wildman–Crippen LogP) is 4.03. The summed E-state index contributed by atoms with van der Waals surface area (Å²) in [7, 11) is 1.59. The van der Waals surface area contributed by atoms with Gasteiger partial charge in [0, 0.05) is 42.8 Å². The van der Waals surface area contributed by atoms with E-state index in [4.69, 9.17) is 21.1 Å². The number of benzene rings is 2. The van der Waals surface area contributed by atoms with Gasteiger partial charge in [0.25, 0.3) is 5.91 Å². The number of halogens is 2. The molecule has 2 heterocycles. The van der Waals surface area contributed by atoms with Gasteiger partial charge in [-0.15, -0.1) is 0 Å². The summed E-state index contributed by atoms with van der Waals surface area (Å²) in [6.45, 7) is 2.31. The summed E-state index contributed by atoms with van der Waals surface area (Å²) < 4.78 is 24.7. The molecule has 0 spiro atoms. The molecule has 160 valence electrons. The molecule has 1 fully saturated rings. The molecular weight excluding hydrogens is 423 g/mol. The Morgan fingerprint density at radius 3 is 2.45 bits per heavy atom. The van der Waals surface area contributed by atoms with E-state index in [2.05, 4.69) is 9.97 Å². The highest BCUT2D eigenvalue weighted by Crippen LogP contribution is 2.27. The molecule has 1 aliphatic rings. The van der Waals surface area contributed by atoms with Gasteiger partial charge in [-0.2, -0.15) is 0 Å². The smallest absolute Gasteiger partial charge is 0.253 e. The summed E-state index contributed by atoms with van der Waals surface area (Å²) in [6, 6.07) is 12.9. The minimum absolute atomic E-state index is 0.0211. The van der Waals surface area contributed by atoms with Gasteiger partial charge in [-0.25, -0.2) is 14.4 Å². The van der Waals surface area contributed by atoms with Gasteiger partial charge in [0.1, 0.15) is 17.9 Å². The zero-order valence-electron chi connectivity index (χ0n) is 16.8. The maximum Gasteiger partial charge on any atom is 0.253 e. The summed E-state index contributed by atoms with van der Waals surface area (Å²) >= 11 is 5.77. The molecule has 7 nitrogen and oxygen atoms in total. The standard InChI is InChI=1S/C22H20ClFN4O3/c1-30-17-5-2-15(3-6-17)22(29)28-10-8-27(9-11-28)20-13-21(26-14-25-20)31-19-7-4-16(23)12-18(19)24/h2-7,12-14H,8-11H2,1H3. The molecule has 2 aromatic carbocycles. The van der Waals surface area contributed by atoms with Crippen LogP contribution >= 0.6 is 11.6 Å². The Morgan fingerprint density at radius 1 is 1.03 bits per heavy atom. The Balaban J connectivity index is 1.39. The largest absolute Gasteiger partial charge is 0.497 e. The van der Waals surface area contributed by atoms with Gasteiger partial charge >= 0.3 is 0 Å². The molecule has 9 heteroatoms. The second-order valence-electron chi connectivity index (χ2n) is 6.90. The monoisotopic (exact) mass is 442 g/mol. The maximum absolute atomic E-state index is 14.0. The van der Waals surface area contributed by atoms with Crippen molar-refractivity contribution in [3.8, 4) is 17.4 Å². The summed E-state index contributed by atoms with van der Waals surface area (Å²) in [5, 5.41) is 0.287. The van der Waals surface area contributed by atoms with Crippen molar-refractivity contribution < 1.29 is 18.7 Å². The first-order chi connectivity index (χ1) is 15.0. The average molecular weight is 443 g/mol. The number of piperazine rings is 1. The number of carbonyl (C=O) groups is 1. The van der Waals surface area contributed by atoms with Crippen LogP contribution in [-0.2, 0) is 0 Å². The first kappa shape index (κ1) is 20.9. The molecule has 0 saturated carbocycles. The van der Waals surface area contributed by atoms with Crippen molar-refractivity contribution in [3.05, 3.63) is 71.3 Å². The number of hydrogen-bond donors (Lipinski definition) is 0. The van der Waals surface area contributed by atoms with Gasteiger partial charge in [-0.05, 0) is 42.5 Å². The van der Waals surface area contributed by atoms with Crippen molar-refractivity contribution in [2.75, 3.05) is 38.2 Å². The summed E-state index contributed by atoms with van der Waals surface area (Å²) in [6.07, 6.45) is 1.37. The van der Waals surface area contributed by atoms with E-state index in [0.29, 0.717) is 43.3 Å². The summed E-state index contributed by atoms with van der Waals surface area (Å²) in [5.74, 6) is 1.02. The molecule has 31 heavy (non-hydrogen) atoms. The van der Waals surface area contributed by atoms with Crippen LogP contribution in [0.5, 0.6) is 17.4 Å². The molecule has 1 amide bonds. The second-order valence-corrected chi connectivity index (χ2v) is 7.34. The van der Waals surface area contributed by atoms with Crippen molar-refractivity contribution in [2.45, 2.75) is 0 Å². The Bertz CT molecular complexity index is 1070. The third kappa shape index (κ3) is 4.86. The Labute approximate surface area is 184 Å². The second kappa shape index (κ2) is 9.18. The highest BCUT2D eigenvalue weighted by Gasteiger charge is 2.23. The quantitative estimate of drug-likeness (QED) is 0.594. The Hall–Kier alpha value is -3.39. The van der Waals surface area contributed by atoms with E-state index in [1.165, 1.54) is 18.5 Å². The van der Waals surface area contributed by atoms with Crippen molar-refractivity contribution in [2.24, 2.45) is 0 Å². The third-order valence-corrected chi connectivity index (χ3v) is 5.20. The highest BCUT2D eigenvalue weighted by molar-refractivity contribution is 6.30. The van der Waals surface area contributed by atoms with Crippen molar-refractivity contribution in [1.29, 1.82) is 0 Å². The van der Waals surface area contributed by atoms with Gasteiger partial charge in [0.15, 0.2) is 11.6 Å². The molecule has 4 rings (SSSR count). The summed E-state index contributed by atoms with van der Waals surface area (Å²) in [4.78, 5) is 24.9. The average Bonchev–Trinajstić information content (AvgIpc) is 2.81. The van der Waals surface area contributed by atoms with E-state index < -0.39 is 5.82 Å². The predicted molar refractivity (Wildman–Crippen MR) is 115 cm³/mol. The number of rotatable bonds is 5. The number of aromatic nitrogens is 2. The topological polar surface area (TPSA) is 67.8 Å². The molecule has 0 bridgehead atoms. The number of nitrogens with zero attached hydrogens (tertiary/aromatic N) is 4. The number of ether oxygens (including phenoxy) is 2. The van der Waals surface area contributed by atoms with Crippen molar-refractivity contribution >= 4 is 23.3 Å². The molecule has 0 unspecified atom stereocenters. The maximum atomic E-state index is 14.0. The molecule has 0 atom stereocenters. The first-order valence-electron chi connectivity index (χ1n) is 9.67. The lowest BCUT2D eigenvalue weighted by atomic mass is 10.1. The lowest BCUT2D eigenvalue weighted by Gasteiger charge is -2.35. The van der Waals surface area contributed by atoms with E-state index in [1.807, 2.05) is 4.90 Å². The number of carbonyl (C=O) groups excluding carboxylic acids is 1. The van der Waals surface area contributed by atoms with Crippen LogP contribution in [0.3, 0.4) is 0 Å². The lowest BCUT2D eigenvalue weighted by Crippen LogP contribution is -2.49. The third-order valence-electron chi connectivity index (χ3n) is 4.96. The molecular formula is C22H20ClFN4O3. The minimum atomic E-state index is -0.571. The minimum Gasteiger partial charge on any atom is -0.497 e. The van der Waals surface area contributed by atoms with Crippen LogP contribution in [0.25, 0.3) is 0 Å². The van der Waals surface area contributed by atoms with E-state index in [0.717, 1.165) is 0 Å². The summed E-state index contributed by atoms with van der Waals surface area (Å²) in [5.41, 5.74) is 0.622. The van der Waals surface area contributed by atoms with Crippen LogP contribution in [-0.4, -0.2) is 54.1 Å². The van der Waals surface area contributed by atoms with E-state index in [9.17, 15) is 9.18 Å². The fraction of sp³-hybridized carbons (Fsp3) is 0.227. The molecule has 1 saturated heterocycles. The molecule has 0 N–H and O–H groups in total. The van der Waals surface area contributed by atoms with E-state index in [1.54, 1.807) is 48.4 Å². The zero-order chi connectivity index (χ0) is 21.8. The van der Waals surface area contributed by atoms with Crippen LogP contribution in [0, 0.1) is 5.82 Å². The van der Waals surface area contributed by atoms with Crippen LogP contribution in [0.4, 0.5) is 10.2 Å². The van der Waals surface area contributed by atoms with Crippen molar-refractivity contribution in [1.82, 2.24) is 14.9 Å². The molecule has 1 aliphatic heterocycles. The van der Waals surface area contributed by atoms with E-state index in [-0.39, 0.29) is 22.6 Å². The zero-order valence-corrected chi connectivity index (χ0v) is 17.6. The normalized spacial score (nSPS) is 13.8. The molecule has 3 aromatic rings. The van der Waals surface area contributed by atoms with Gasteiger partial charge in [-0.3, -0.25) is 4.79 Å². The molecule has 0 radical (unpaired) electrons. The Morgan fingerprint density at radius 2 is 1.77 bits per heavy atom. The van der Waals surface area contributed by atoms with Gasteiger partial charge < -0.3 is 19.3 Å². The van der Waals surface area contributed by atoms with Gasteiger partial charge in [0.05, 0.1) is 7.11 Å².